The number of nitrogens with two attached hydrogens (primary N) is 2. The largest absolute Gasteiger partial charge is 0.494 e. The Morgan fingerprint density at radius 2 is 1.23 bits per heavy atom. The van der Waals surface area contributed by atoms with E-state index in [4.69, 9.17) is 36.1 Å². The minimum Gasteiger partial charge on any atom is -0.494 e. The summed E-state index contributed by atoms with van der Waals surface area (Å²) in [6.07, 6.45) is 0.890. The van der Waals surface area contributed by atoms with Crippen molar-refractivity contribution in [3.05, 3.63) is 59.7 Å². The number of ether oxygens (including phenoxy) is 3. The molecule has 0 aliphatic rings. The number of rotatable bonds is 11. The Morgan fingerprint density at radius 3 is 1.55 bits per heavy atom. The molecule has 1 atom stereocenters. The highest BCUT2D eigenvalue weighted by Crippen LogP contribution is 2.17. The predicted octanol–water partition coefficient (Wildman–Crippen LogP) is 1.90. The van der Waals surface area contributed by atoms with E-state index >= 15 is 0 Å². The predicted molar refractivity (Wildman–Crippen MR) is 114 cm³/mol. The quantitative estimate of drug-likeness (QED) is 0.138. The van der Waals surface area contributed by atoms with Crippen LogP contribution >= 0.6 is 0 Å². The fourth-order valence-electron chi connectivity index (χ4n) is 2.74. The summed E-state index contributed by atoms with van der Waals surface area (Å²) in [5.41, 5.74) is 12.2. The molecule has 0 fully saturated rings. The van der Waals surface area contributed by atoms with Crippen LogP contribution in [-0.2, 0) is 9.53 Å². The van der Waals surface area contributed by atoms with E-state index in [1.165, 1.54) is 7.11 Å². The average molecular weight is 430 g/mol. The van der Waals surface area contributed by atoms with Crippen molar-refractivity contribution in [1.82, 2.24) is 0 Å². The van der Waals surface area contributed by atoms with E-state index in [2.05, 4.69) is 10.3 Å². The summed E-state index contributed by atoms with van der Waals surface area (Å²) < 4.78 is 16.2. The molecule has 0 heterocycles. The molecule has 31 heavy (non-hydrogen) atoms. The summed E-state index contributed by atoms with van der Waals surface area (Å²) in [5.74, 6) is 0.490. The van der Waals surface area contributed by atoms with Gasteiger partial charge in [0.1, 0.15) is 11.5 Å². The highest BCUT2D eigenvalue weighted by Gasteiger charge is 2.19. The lowest BCUT2D eigenvalue weighted by Crippen LogP contribution is -2.21. The molecule has 2 aromatic rings. The molecule has 166 valence electrons. The maximum Gasteiger partial charge on any atom is 0.308 e. The minimum absolute atomic E-state index is 0.0111. The van der Waals surface area contributed by atoms with Gasteiger partial charge in [-0.3, -0.25) is 4.79 Å². The molecule has 10 nitrogen and oxygen atoms in total. The molecular formula is C21H26N4O6. The average Bonchev–Trinajstić information content (AvgIpc) is 2.82. The zero-order chi connectivity index (χ0) is 22.6. The van der Waals surface area contributed by atoms with E-state index in [0.29, 0.717) is 48.7 Å². The number of benzene rings is 2. The van der Waals surface area contributed by atoms with Crippen molar-refractivity contribution in [2.75, 3.05) is 20.3 Å². The van der Waals surface area contributed by atoms with Gasteiger partial charge in [-0.25, -0.2) is 0 Å². The molecule has 0 bridgehead atoms. The van der Waals surface area contributed by atoms with Crippen LogP contribution in [0.4, 0.5) is 0 Å². The Kier molecular flexibility index (Phi) is 8.96. The first-order valence-corrected chi connectivity index (χ1v) is 9.47. The van der Waals surface area contributed by atoms with Crippen LogP contribution < -0.4 is 20.9 Å². The van der Waals surface area contributed by atoms with Crippen LogP contribution in [0, 0.1) is 5.92 Å². The molecule has 1 unspecified atom stereocenters. The third-order valence-electron chi connectivity index (χ3n) is 4.52. The molecule has 0 aliphatic carbocycles. The summed E-state index contributed by atoms with van der Waals surface area (Å²) in [5, 5.41) is 23.2. The van der Waals surface area contributed by atoms with Crippen molar-refractivity contribution < 1.29 is 29.4 Å². The maximum atomic E-state index is 12.1. The van der Waals surface area contributed by atoms with Gasteiger partial charge in [0.15, 0.2) is 11.7 Å². The fourth-order valence-corrected chi connectivity index (χ4v) is 2.74. The van der Waals surface area contributed by atoms with Gasteiger partial charge in [0.2, 0.25) is 0 Å². The Labute approximate surface area is 179 Å². The Bertz CT molecular complexity index is 830. The minimum atomic E-state index is -0.391. The number of hydrogen-bond acceptors (Lipinski definition) is 8. The monoisotopic (exact) mass is 430 g/mol. The summed E-state index contributed by atoms with van der Waals surface area (Å²) in [4.78, 5) is 12.1. The van der Waals surface area contributed by atoms with Gasteiger partial charge in [-0.05, 0) is 61.4 Å². The van der Waals surface area contributed by atoms with Gasteiger partial charge >= 0.3 is 5.97 Å². The van der Waals surface area contributed by atoms with Crippen LogP contribution in [-0.4, -0.2) is 48.4 Å². The van der Waals surface area contributed by atoms with Crippen LogP contribution in [0.5, 0.6) is 11.5 Å². The molecule has 0 amide bonds. The summed E-state index contributed by atoms with van der Waals surface area (Å²) in [6.45, 7) is 0.605. The molecule has 0 saturated heterocycles. The van der Waals surface area contributed by atoms with Crippen LogP contribution in [0.15, 0.2) is 58.8 Å². The van der Waals surface area contributed by atoms with E-state index < -0.39 is 5.92 Å². The van der Waals surface area contributed by atoms with Crippen molar-refractivity contribution in [2.45, 2.75) is 12.8 Å². The van der Waals surface area contributed by atoms with E-state index in [1.807, 2.05) is 0 Å². The molecule has 0 spiro atoms. The van der Waals surface area contributed by atoms with Crippen molar-refractivity contribution >= 4 is 17.6 Å². The van der Waals surface area contributed by atoms with Crippen LogP contribution in [0.2, 0.25) is 0 Å². The number of amidine groups is 2. The molecule has 0 saturated carbocycles. The second kappa shape index (κ2) is 11.9. The topological polar surface area (TPSA) is 162 Å². The lowest BCUT2D eigenvalue weighted by molar-refractivity contribution is -0.146. The SMILES string of the molecule is COC(=O)C(CCOc1ccc(/C(N)=N/O)cc1)CCOc1ccc(/C(N)=N\O)cc1. The van der Waals surface area contributed by atoms with Crippen molar-refractivity contribution in [2.24, 2.45) is 27.7 Å². The molecule has 6 N–H and O–H groups in total. The van der Waals surface area contributed by atoms with Gasteiger partial charge in [-0.1, -0.05) is 10.3 Å². The van der Waals surface area contributed by atoms with Crippen molar-refractivity contribution in [3.63, 3.8) is 0 Å². The van der Waals surface area contributed by atoms with Crippen LogP contribution in [0.1, 0.15) is 24.0 Å². The Hall–Kier alpha value is -3.95. The molecule has 0 aliphatic heterocycles. The number of oxime groups is 2. The van der Waals surface area contributed by atoms with Crippen LogP contribution in [0.3, 0.4) is 0 Å². The molecule has 10 heteroatoms. The third kappa shape index (κ3) is 7.11. The molecule has 0 aromatic heterocycles. The normalized spacial score (nSPS) is 12.8. The zero-order valence-corrected chi connectivity index (χ0v) is 17.1. The smallest absolute Gasteiger partial charge is 0.308 e. The molecule has 2 rings (SSSR count). The maximum absolute atomic E-state index is 12.1. The number of carbonyl (C=O) groups is 1. The van der Waals surface area contributed by atoms with E-state index in [-0.39, 0.29) is 17.6 Å². The van der Waals surface area contributed by atoms with Gasteiger partial charge in [-0.15, -0.1) is 0 Å². The van der Waals surface area contributed by atoms with Gasteiger partial charge in [-0.2, -0.15) is 0 Å². The van der Waals surface area contributed by atoms with E-state index in [0.717, 1.165) is 0 Å². The van der Waals surface area contributed by atoms with Gasteiger partial charge < -0.3 is 36.1 Å². The number of methoxy groups -OCH3 is 1. The molecule has 2 aromatic carbocycles. The Balaban J connectivity index is 1.83. The highest BCUT2D eigenvalue weighted by atomic mass is 16.5. The van der Waals surface area contributed by atoms with Crippen molar-refractivity contribution in [3.8, 4) is 11.5 Å². The Morgan fingerprint density at radius 1 is 0.839 bits per heavy atom. The first-order chi connectivity index (χ1) is 15.0. The third-order valence-corrected chi connectivity index (χ3v) is 4.52. The van der Waals surface area contributed by atoms with Crippen LogP contribution in [0.25, 0.3) is 0 Å². The second-order valence-electron chi connectivity index (χ2n) is 6.51. The highest BCUT2D eigenvalue weighted by molar-refractivity contribution is 5.97. The molecular weight excluding hydrogens is 404 g/mol. The van der Waals surface area contributed by atoms with Crippen molar-refractivity contribution in [1.29, 1.82) is 0 Å². The first-order valence-electron chi connectivity index (χ1n) is 9.47. The van der Waals surface area contributed by atoms with Gasteiger partial charge in [0.05, 0.1) is 26.2 Å². The van der Waals surface area contributed by atoms with E-state index in [9.17, 15) is 4.79 Å². The zero-order valence-electron chi connectivity index (χ0n) is 17.1. The summed E-state index contributed by atoms with van der Waals surface area (Å²) >= 11 is 0. The lowest BCUT2D eigenvalue weighted by atomic mass is 10.0. The fraction of sp³-hybridized carbons (Fsp3) is 0.286. The summed E-state index contributed by atoms with van der Waals surface area (Å²) in [7, 11) is 1.34. The molecule has 0 radical (unpaired) electrons. The van der Waals surface area contributed by atoms with Gasteiger partial charge in [0.25, 0.3) is 0 Å². The summed E-state index contributed by atoms with van der Waals surface area (Å²) in [6, 6.07) is 13.5. The van der Waals surface area contributed by atoms with E-state index in [1.54, 1.807) is 48.5 Å². The standard InChI is InChI=1S/C21H26N4O6/c1-29-21(26)16(10-12-30-17-6-2-14(3-7-17)19(22)24-27)11-13-31-18-8-4-15(5-9-18)20(23)25-28/h2-9,16,27-28H,10-13H2,1H3,(H2,22,24)(H2,23,25). The lowest BCUT2D eigenvalue weighted by Gasteiger charge is -2.16. The number of hydrogen-bond donors (Lipinski definition) is 4. The number of carbonyl (C=O) groups excluding carboxylic acids is 1. The second-order valence-corrected chi connectivity index (χ2v) is 6.51. The first kappa shape index (κ1) is 23.3. The van der Waals surface area contributed by atoms with Gasteiger partial charge in [0, 0.05) is 11.1 Å². The number of nitrogens with zero attached hydrogens (tertiary/aromatic N) is 2. The number of esters is 1.